The van der Waals surface area contributed by atoms with E-state index in [-0.39, 0.29) is 0 Å². The molecule has 0 fully saturated rings. The Morgan fingerprint density at radius 2 is 2.04 bits per heavy atom. The van der Waals surface area contributed by atoms with Crippen LogP contribution >= 0.6 is 0 Å². The first kappa shape index (κ1) is 13.5. The molecule has 0 unspecified atom stereocenters. The van der Waals surface area contributed by atoms with Gasteiger partial charge in [-0.15, -0.1) is 0 Å². The third-order valence-electron chi connectivity index (χ3n) is 3.62. The standard InChI is InChI=1S/C18H14N4O/c1-3-13(10-19-7-1)11-20-18-15-9-14(17-4-2-8-23-17)5-6-16(15)21-12-22-18/h1-10,12H,11H2,(H,20,21,22). The minimum absolute atomic E-state index is 0.658. The molecule has 1 N–H and O–H groups in total. The van der Waals surface area contributed by atoms with Crippen molar-refractivity contribution in [1.29, 1.82) is 0 Å². The molecule has 0 bridgehead atoms. The van der Waals surface area contributed by atoms with Crippen LogP contribution in [-0.4, -0.2) is 15.0 Å². The molecule has 1 aromatic carbocycles. The Bertz CT molecular complexity index is 920. The van der Waals surface area contributed by atoms with Crippen LogP contribution < -0.4 is 5.32 Å². The molecule has 4 aromatic rings. The fourth-order valence-electron chi connectivity index (χ4n) is 2.48. The summed E-state index contributed by atoms with van der Waals surface area (Å²) in [7, 11) is 0. The highest BCUT2D eigenvalue weighted by Gasteiger charge is 2.07. The number of benzene rings is 1. The molecule has 112 valence electrons. The lowest BCUT2D eigenvalue weighted by Gasteiger charge is -2.09. The van der Waals surface area contributed by atoms with Gasteiger partial charge in [0.15, 0.2) is 0 Å². The average molecular weight is 302 g/mol. The van der Waals surface area contributed by atoms with Crippen LogP contribution in [0.4, 0.5) is 5.82 Å². The molecule has 0 saturated heterocycles. The minimum atomic E-state index is 0.658. The van der Waals surface area contributed by atoms with Gasteiger partial charge in [-0.2, -0.15) is 0 Å². The fourth-order valence-corrected chi connectivity index (χ4v) is 2.48. The van der Waals surface area contributed by atoms with Gasteiger partial charge in [-0.1, -0.05) is 6.07 Å². The number of hydrogen-bond acceptors (Lipinski definition) is 5. The summed E-state index contributed by atoms with van der Waals surface area (Å²) >= 11 is 0. The van der Waals surface area contributed by atoms with Crippen LogP contribution in [0.2, 0.25) is 0 Å². The van der Waals surface area contributed by atoms with Crippen LogP contribution in [0.15, 0.2) is 71.9 Å². The summed E-state index contributed by atoms with van der Waals surface area (Å²) in [6.45, 7) is 0.658. The zero-order valence-corrected chi connectivity index (χ0v) is 12.3. The number of furan rings is 1. The molecule has 3 heterocycles. The van der Waals surface area contributed by atoms with Gasteiger partial charge >= 0.3 is 0 Å². The first-order chi connectivity index (χ1) is 11.4. The Hall–Kier alpha value is -3.21. The quantitative estimate of drug-likeness (QED) is 0.619. The highest BCUT2D eigenvalue weighted by molar-refractivity contribution is 5.91. The second kappa shape index (κ2) is 5.88. The molecule has 0 radical (unpaired) electrons. The normalized spacial score (nSPS) is 10.8. The summed E-state index contributed by atoms with van der Waals surface area (Å²) in [5, 5.41) is 4.32. The predicted molar refractivity (Wildman–Crippen MR) is 88.8 cm³/mol. The van der Waals surface area contributed by atoms with Crippen molar-refractivity contribution in [3.63, 3.8) is 0 Å². The Kier molecular flexibility index (Phi) is 3.44. The molecule has 23 heavy (non-hydrogen) atoms. The maximum Gasteiger partial charge on any atom is 0.137 e. The molecule has 0 amide bonds. The average Bonchev–Trinajstić information content (AvgIpc) is 3.15. The molecule has 0 aliphatic rings. The Morgan fingerprint density at radius 3 is 2.87 bits per heavy atom. The summed E-state index contributed by atoms with van der Waals surface area (Å²) in [5.74, 6) is 1.63. The number of pyridine rings is 1. The monoisotopic (exact) mass is 302 g/mol. The maximum absolute atomic E-state index is 5.47. The second-order valence-corrected chi connectivity index (χ2v) is 5.15. The van der Waals surface area contributed by atoms with Crippen molar-refractivity contribution in [2.24, 2.45) is 0 Å². The van der Waals surface area contributed by atoms with Gasteiger partial charge in [0, 0.05) is 29.9 Å². The van der Waals surface area contributed by atoms with Gasteiger partial charge in [-0.05, 0) is 42.0 Å². The van der Waals surface area contributed by atoms with Gasteiger partial charge in [0.2, 0.25) is 0 Å². The highest BCUT2D eigenvalue weighted by Crippen LogP contribution is 2.27. The minimum Gasteiger partial charge on any atom is -0.464 e. The number of nitrogens with one attached hydrogen (secondary N) is 1. The van der Waals surface area contributed by atoms with Gasteiger partial charge in [0.25, 0.3) is 0 Å². The molecule has 4 rings (SSSR count). The highest BCUT2D eigenvalue weighted by atomic mass is 16.3. The van der Waals surface area contributed by atoms with Crippen LogP contribution in [0.5, 0.6) is 0 Å². The predicted octanol–water partition coefficient (Wildman–Crippen LogP) is 3.90. The SMILES string of the molecule is c1cncc(CNc2ncnc3ccc(-c4ccco4)cc23)c1. The lowest BCUT2D eigenvalue weighted by molar-refractivity contribution is 0.582. The first-order valence-electron chi connectivity index (χ1n) is 7.31. The molecule has 0 atom stereocenters. The van der Waals surface area contributed by atoms with Gasteiger partial charge in [0.05, 0.1) is 11.8 Å². The van der Waals surface area contributed by atoms with Crippen LogP contribution in [0.3, 0.4) is 0 Å². The summed E-state index contributed by atoms with van der Waals surface area (Å²) in [5.41, 5.74) is 2.99. The second-order valence-electron chi connectivity index (χ2n) is 5.15. The lowest BCUT2D eigenvalue weighted by Crippen LogP contribution is -2.02. The van der Waals surface area contributed by atoms with E-state index in [4.69, 9.17) is 4.42 Å². The van der Waals surface area contributed by atoms with Gasteiger partial charge < -0.3 is 9.73 Å². The third-order valence-corrected chi connectivity index (χ3v) is 3.62. The number of rotatable bonds is 4. The van der Waals surface area contributed by atoms with Crippen LogP contribution in [0.25, 0.3) is 22.2 Å². The Labute approximate surface area is 133 Å². The molecular formula is C18H14N4O. The van der Waals surface area contributed by atoms with Crippen LogP contribution in [0.1, 0.15) is 5.56 Å². The Morgan fingerprint density at radius 1 is 1.04 bits per heavy atom. The molecule has 0 aliphatic heterocycles. The van der Waals surface area contributed by atoms with Crippen molar-refractivity contribution in [3.05, 3.63) is 73.0 Å². The van der Waals surface area contributed by atoms with Crippen LogP contribution in [0, 0.1) is 0 Å². The van der Waals surface area contributed by atoms with E-state index in [1.165, 1.54) is 0 Å². The van der Waals surface area contributed by atoms with Crippen molar-refractivity contribution >= 4 is 16.7 Å². The molecule has 0 spiro atoms. The number of fused-ring (bicyclic) bond motifs is 1. The van der Waals surface area contributed by atoms with E-state index < -0.39 is 0 Å². The topological polar surface area (TPSA) is 63.8 Å². The molecular weight excluding hydrogens is 288 g/mol. The van der Waals surface area contributed by atoms with Crippen molar-refractivity contribution in [1.82, 2.24) is 15.0 Å². The van der Waals surface area contributed by atoms with Crippen molar-refractivity contribution < 1.29 is 4.42 Å². The summed E-state index contributed by atoms with van der Waals surface area (Å²) < 4.78 is 5.47. The summed E-state index contributed by atoms with van der Waals surface area (Å²) in [6, 6.07) is 13.8. The van der Waals surface area contributed by atoms with Gasteiger partial charge in [-0.25, -0.2) is 9.97 Å². The van der Waals surface area contributed by atoms with Gasteiger partial charge in [-0.3, -0.25) is 4.98 Å². The summed E-state index contributed by atoms with van der Waals surface area (Å²) in [6.07, 6.45) is 6.84. The van der Waals surface area contributed by atoms with Gasteiger partial charge in [0.1, 0.15) is 17.9 Å². The van der Waals surface area contributed by atoms with E-state index in [9.17, 15) is 0 Å². The van der Waals surface area contributed by atoms with E-state index in [0.717, 1.165) is 33.6 Å². The van der Waals surface area contributed by atoms with Crippen LogP contribution in [-0.2, 0) is 6.54 Å². The van der Waals surface area contributed by atoms with Crippen molar-refractivity contribution in [2.45, 2.75) is 6.54 Å². The van der Waals surface area contributed by atoms with Crippen molar-refractivity contribution in [2.75, 3.05) is 5.32 Å². The Balaban J connectivity index is 1.69. The molecule has 0 saturated carbocycles. The van der Waals surface area contributed by atoms with E-state index >= 15 is 0 Å². The zero-order chi connectivity index (χ0) is 15.5. The number of anilines is 1. The van der Waals surface area contributed by atoms with E-state index in [1.54, 1.807) is 18.8 Å². The van der Waals surface area contributed by atoms with E-state index in [2.05, 4.69) is 20.3 Å². The lowest BCUT2D eigenvalue weighted by atomic mass is 10.1. The fraction of sp³-hybridized carbons (Fsp3) is 0.0556. The number of nitrogens with zero attached hydrogens (tertiary/aromatic N) is 3. The molecule has 3 aromatic heterocycles. The maximum atomic E-state index is 5.47. The third kappa shape index (κ3) is 2.76. The van der Waals surface area contributed by atoms with E-state index in [1.807, 2.05) is 48.7 Å². The van der Waals surface area contributed by atoms with Crippen molar-refractivity contribution in [3.8, 4) is 11.3 Å². The molecule has 5 heteroatoms. The molecule has 5 nitrogen and oxygen atoms in total. The number of aromatic nitrogens is 3. The molecule has 0 aliphatic carbocycles. The summed E-state index contributed by atoms with van der Waals surface area (Å²) in [4.78, 5) is 12.8. The van der Waals surface area contributed by atoms with E-state index in [0.29, 0.717) is 6.54 Å². The largest absolute Gasteiger partial charge is 0.464 e. The smallest absolute Gasteiger partial charge is 0.137 e. The number of hydrogen-bond donors (Lipinski definition) is 1. The zero-order valence-electron chi connectivity index (χ0n) is 12.3. The first-order valence-corrected chi connectivity index (χ1v) is 7.31.